The van der Waals surface area contributed by atoms with Gasteiger partial charge in [0.1, 0.15) is 11.4 Å². The van der Waals surface area contributed by atoms with E-state index in [9.17, 15) is 4.79 Å². The van der Waals surface area contributed by atoms with Gasteiger partial charge in [0.15, 0.2) is 0 Å². The highest BCUT2D eigenvalue weighted by Gasteiger charge is 2.12. The van der Waals surface area contributed by atoms with Crippen molar-refractivity contribution in [2.45, 2.75) is 19.9 Å². The van der Waals surface area contributed by atoms with Crippen LogP contribution in [0.25, 0.3) is 21.3 Å². The molecule has 0 spiro atoms. The maximum atomic E-state index is 12.8. The number of rotatable bonds is 6. The van der Waals surface area contributed by atoms with Crippen molar-refractivity contribution in [3.63, 3.8) is 0 Å². The molecule has 2 aromatic heterocycles. The Morgan fingerprint density at radius 1 is 1.04 bits per heavy atom. The first-order valence-corrected chi connectivity index (χ1v) is 9.83. The summed E-state index contributed by atoms with van der Waals surface area (Å²) in [5.74, 6) is 0.855. The molecule has 0 N–H and O–H groups in total. The zero-order chi connectivity index (χ0) is 18.6. The number of fused-ring (bicyclic) bond motifs is 1. The summed E-state index contributed by atoms with van der Waals surface area (Å²) in [6, 6.07) is 19.7. The van der Waals surface area contributed by atoms with E-state index in [4.69, 9.17) is 4.74 Å². The molecule has 0 amide bonds. The molecule has 0 unspecified atom stereocenters. The van der Waals surface area contributed by atoms with E-state index >= 15 is 0 Å². The topological polar surface area (TPSA) is 44.1 Å². The predicted molar refractivity (Wildman–Crippen MR) is 111 cm³/mol. The van der Waals surface area contributed by atoms with Crippen molar-refractivity contribution in [1.29, 1.82) is 0 Å². The van der Waals surface area contributed by atoms with Crippen LogP contribution in [0.2, 0.25) is 0 Å². The zero-order valence-corrected chi connectivity index (χ0v) is 15.9. The van der Waals surface area contributed by atoms with E-state index < -0.39 is 0 Å². The minimum Gasteiger partial charge on any atom is -0.494 e. The maximum absolute atomic E-state index is 12.8. The molecular formula is C22H20N2O2S. The average molecular weight is 376 g/mol. The molecule has 2 heterocycles. The molecule has 0 aliphatic carbocycles. The number of hydrogen-bond acceptors (Lipinski definition) is 4. The van der Waals surface area contributed by atoms with Crippen molar-refractivity contribution in [2.75, 3.05) is 6.61 Å². The van der Waals surface area contributed by atoms with Crippen LogP contribution in [-0.2, 0) is 6.54 Å². The van der Waals surface area contributed by atoms with Gasteiger partial charge in [0.05, 0.1) is 16.9 Å². The zero-order valence-electron chi connectivity index (χ0n) is 15.1. The second-order valence-electron chi connectivity index (χ2n) is 6.42. The van der Waals surface area contributed by atoms with Gasteiger partial charge in [0.25, 0.3) is 5.56 Å². The van der Waals surface area contributed by atoms with Crippen molar-refractivity contribution in [2.24, 2.45) is 0 Å². The summed E-state index contributed by atoms with van der Waals surface area (Å²) in [7, 11) is 0. The first-order chi connectivity index (χ1) is 13.2. The first-order valence-electron chi connectivity index (χ1n) is 8.95. The van der Waals surface area contributed by atoms with Crippen LogP contribution in [0, 0.1) is 6.92 Å². The minimum atomic E-state index is -0.0542. The normalized spacial score (nSPS) is 11.0. The van der Waals surface area contributed by atoms with Gasteiger partial charge in [-0.15, -0.1) is 11.3 Å². The predicted octanol–water partition coefficient (Wildman–Crippen LogP) is 4.90. The smallest absolute Gasteiger partial charge is 0.274 e. The number of ether oxygens (including phenoxy) is 1. The van der Waals surface area contributed by atoms with E-state index in [2.05, 4.69) is 5.10 Å². The Balaban J connectivity index is 1.56. The van der Waals surface area contributed by atoms with Gasteiger partial charge in [-0.2, -0.15) is 5.10 Å². The summed E-state index contributed by atoms with van der Waals surface area (Å²) in [6.45, 7) is 3.10. The average Bonchev–Trinajstić information content (AvgIpc) is 3.21. The van der Waals surface area contributed by atoms with Crippen LogP contribution in [0.15, 0.2) is 70.8 Å². The fraction of sp³-hybridized carbons (Fsp3) is 0.182. The summed E-state index contributed by atoms with van der Waals surface area (Å²) in [4.78, 5) is 13.9. The molecule has 0 radical (unpaired) electrons. The van der Waals surface area contributed by atoms with E-state index in [1.54, 1.807) is 16.0 Å². The Hall–Kier alpha value is -2.92. The molecule has 0 atom stereocenters. The molecular weight excluding hydrogens is 356 g/mol. The Morgan fingerprint density at radius 3 is 2.67 bits per heavy atom. The fourth-order valence-electron chi connectivity index (χ4n) is 3.09. The molecule has 0 fully saturated rings. The lowest BCUT2D eigenvalue weighted by Crippen LogP contribution is -2.24. The quantitative estimate of drug-likeness (QED) is 0.450. The molecule has 136 valence electrons. The molecule has 2 aromatic carbocycles. The largest absolute Gasteiger partial charge is 0.494 e. The van der Waals surface area contributed by atoms with Crippen LogP contribution in [0.4, 0.5) is 0 Å². The van der Waals surface area contributed by atoms with Gasteiger partial charge in [-0.25, -0.2) is 4.68 Å². The standard InChI is InChI=1S/C22H20N2O2S/c1-16-7-4-8-17(15-16)26-13-6-12-24-22(25)19-10-3-2-9-18(19)21(23-24)20-11-5-14-27-20/h2-5,7-11,14-15H,6,12-13H2,1H3. The highest BCUT2D eigenvalue weighted by Crippen LogP contribution is 2.28. The molecule has 27 heavy (non-hydrogen) atoms. The fourth-order valence-corrected chi connectivity index (χ4v) is 3.81. The van der Waals surface area contributed by atoms with Crippen LogP contribution in [0.5, 0.6) is 5.75 Å². The number of hydrogen-bond donors (Lipinski definition) is 0. The third-order valence-corrected chi connectivity index (χ3v) is 5.27. The van der Waals surface area contributed by atoms with Gasteiger partial charge in [-0.3, -0.25) is 4.79 Å². The van der Waals surface area contributed by atoms with Crippen LogP contribution in [-0.4, -0.2) is 16.4 Å². The van der Waals surface area contributed by atoms with Gasteiger partial charge in [-0.1, -0.05) is 36.4 Å². The van der Waals surface area contributed by atoms with E-state index in [0.29, 0.717) is 25.0 Å². The Labute approximate surface area is 161 Å². The van der Waals surface area contributed by atoms with Gasteiger partial charge in [0.2, 0.25) is 0 Å². The number of thiophene rings is 1. The number of aromatic nitrogens is 2. The third kappa shape index (κ3) is 3.78. The SMILES string of the molecule is Cc1cccc(OCCCn2nc(-c3cccs3)c3ccccc3c2=O)c1. The van der Waals surface area contributed by atoms with Crippen molar-refractivity contribution < 1.29 is 4.74 Å². The third-order valence-electron chi connectivity index (χ3n) is 4.39. The van der Waals surface area contributed by atoms with Crippen molar-refractivity contribution >= 4 is 22.1 Å². The van der Waals surface area contributed by atoms with Gasteiger partial charge in [-0.05, 0) is 42.1 Å². The molecule has 0 bridgehead atoms. The Morgan fingerprint density at radius 2 is 1.89 bits per heavy atom. The molecule has 4 nitrogen and oxygen atoms in total. The van der Waals surface area contributed by atoms with Gasteiger partial charge >= 0.3 is 0 Å². The molecule has 0 aliphatic rings. The summed E-state index contributed by atoms with van der Waals surface area (Å²) < 4.78 is 7.36. The lowest BCUT2D eigenvalue weighted by Gasteiger charge is -2.11. The highest BCUT2D eigenvalue weighted by atomic mass is 32.1. The number of aryl methyl sites for hydroxylation is 2. The van der Waals surface area contributed by atoms with Crippen LogP contribution >= 0.6 is 11.3 Å². The summed E-state index contributed by atoms with van der Waals surface area (Å²) in [6.07, 6.45) is 0.711. The Kier molecular flexibility index (Phi) is 5.03. The van der Waals surface area contributed by atoms with Crippen LogP contribution in [0.3, 0.4) is 0 Å². The van der Waals surface area contributed by atoms with Gasteiger partial charge in [0, 0.05) is 18.4 Å². The van der Waals surface area contributed by atoms with E-state index in [0.717, 1.165) is 21.7 Å². The minimum absolute atomic E-state index is 0.0542. The van der Waals surface area contributed by atoms with Crippen molar-refractivity contribution in [3.05, 3.63) is 82.0 Å². The number of nitrogens with zero attached hydrogens (tertiary/aromatic N) is 2. The summed E-state index contributed by atoms with van der Waals surface area (Å²) in [5.41, 5.74) is 1.97. The van der Waals surface area contributed by atoms with Crippen LogP contribution < -0.4 is 10.3 Å². The van der Waals surface area contributed by atoms with Gasteiger partial charge < -0.3 is 4.74 Å². The Bertz CT molecular complexity index is 1120. The van der Waals surface area contributed by atoms with E-state index in [-0.39, 0.29) is 5.56 Å². The monoisotopic (exact) mass is 376 g/mol. The molecule has 0 aliphatic heterocycles. The summed E-state index contributed by atoms with van der Waals surface area (Å²) >= 11 is 1.63. The highest BCUT2D eigenvalue weighted by molar-refractivity contribution is 7.13. The molecule has 5 heteroatoms. The lowest BCUT2D eigenvalue weighted by atomic mass is 10.1. The van der Waals surface area contributed by atoms with Crippen LogP contribution in [0.1, 0.15) is 12.0 Å². The second kappa shape index (κ2) is 7.76. The molecule has 4 rings (SSSR count). The lowest BCUT2D eigenvalue weighted by molar-refractivity contribution is 0.297. The first kappa shape index (κ1) is 17.5. The van der Waals surface area contributed by atoms with E-state index in [1.807, 2.05) is 73.0 Å². The number of benzene rings is 2. The summed E-state index contributed by atoms with van der Waals surface area (Å²) in [5, 5.41) is 8.29. The maximum Gasteiger partial charge on any atom is 0.274 e. The van der Waals surface area contributed by atoms with Crippen molar-refractivity contribution in [3.8, 4) is 16.3 Å². The molecule has 4 aromatic rings. The molecule has 0 saturated carbocycles. The van der Waals surface area contributed by atoms with E-state index in [1.165, 1.54) is 5.56 Å². The second-order valence-corrected chi connectivity index (χ2v) is 7.37. The molecule has 0 saturated heterocycles. The van der Waals surface area contributed by atoms with Crippen molar-refractivity contribution in [1.82, 2.24) is 9.78 Å².